The summed E-state index contributed by atoms with van der Waals surface area (Å²) in [7, 11) is 0. The molecule has 25 heavy (non-hydrogen) atoms. The van der Waals surface area contributed by atoms with Crippen molar-refractivity contribution < 1.29 is 14.1 Å². The third-order valence-corrected chi connectivity index (χ3v) is 4.93. The number of imide groups is 1. The molecule has 1 aliphatic heterocycles. The number of amides is 3. The van der Waals surface area contributed by atoms with E-state index in [9.17, 15) is 9.59 Å². The number of rotatable bonds is 4. The quantitative estimate of drug-likeness (QED) is 0.863. The average Bonchev–Trinajstić information content (AvgIpc) is 3.15. The Labute approximate surface area is 145 Å². The van der Waals surface area contributed by atoms with E-state index in [-0.39, 0.29) is 18.3 Å². The molecule has 1 saturated heterocycles. The zero-order valence-corrected chi connectivity index (χ0v) is 14.1. The Morgan fingerprint density at radius 3 is 3.00 bits per heavy atom. The van der Waals surface area contributed by atoms with Crippen LogP contribution in [0.25, 0.3) is 0 Å². The molecular formula is C18H20N4O3. The van der Waals surface area contributed by atoms with E-state index in [1.165, 1.54) is 4.90 Å². The molecule has 2 aromatic rings. The Morgan fingerprint density at radius 1 is 1.32 bits per heavy atom. The highest BCUT2D eigenvalue weighted by Crippen LogP contribution is 2.40. The van der Waals surface area contributed by atoms with Gasteiger partial charge in [-0.2, -0.15) is 4.98 Å². The summed E-state index contributed by atoms with van der Waals surface area (Å²) in [5.74, 6) is 0.648. The summed E-state index contributed by atoms with van der Waals surface area (Å²) in [5.41, 5.74) is 1.06. The van der Waals surface area contributed by atoms with Gasteiger partial charge in [-0.3, -0.25) is 9.69 Å². The molecule has 0 bridgehead atoms. The van der Waals surface area contributed by atoms with Gasteiger partial charge < -0.3 is 9.84 Å². The van der Waals surface area contributed by atoms with Crippen LogP contribution >= 0.6 is 0 Å². The van der Waals surface area contributed by atoms with Crippen LogP contribution < -0.4 is 5.32 Å². The van der Waals surface area contributed by atoms with Gasteiger partial charge in [0, 0.05) is 6.42 Å². The predicted octanol–water partition coefficient (Wildman–Crippen LogP) is 2.31. The van der Waals surface area contributed by atoms with E-state index in [0.29, 0.717) is 18.7 Å². The van der Waals surface area contributed by atoms with E-state index in [4.69, 9.17) is 4.52 Å². The molecule has 3 amide bonds. The SMILES string of the molecule is CCCc1noc(CN2C(=O)NC3(CCCc4ccccc43)C2=O)n1. The molecule has 0 radical (unpaired) electrons. The first-order valence-electron chi connectivity index (χ1n) is 8.68. The molecule has 1 N–H and O–H groups in total. The Bertz CT molecular complexity index is 831. The molecule has 7 nitrogen and oxygen atoms in total. The van der Waals surface area contributed by atoms with Crippen LogP contribution in [0, 0.1) is 0 Å². The van der Waals surface area contributed by atoms with Crippen LogP contribution in [-0.2, 0) is 29.7 Å². The van der Waals surface area contributed by atoms with Gasteiger partial charge in [0.25, 0.3) is 5.91 Å². The number of fused-ring (bicyclic) bond motifs is 2. The van der Waals surface area contributed by atoms with Crippen molar-refractivity contribution in [3.05, 3.63) is 47.1 Å². The van der Waals surface area contributed by atoms with Crippen molar-refractivity contribution in [2.45, 2.75) is 51.1 Å². The summed E-state index contributed by atoms with van der Waals surface area (Å²) in [6, 6.07) is 7.42. The number of aromatic nitrogens is 2. The van der Waals surface area contributed by atoms with Gasteiger partial charge in [0.05, 0.1) is 0 Å². The van der Waals surface area contributed by atoms with Gasteiger partial charge in [-0.15, -0.1) is 0 Å². The molecule has 1 aliphatic carbocycles. The molecule has 4 rings (SSSR count). The van der Waals surface area contributed by atoms with Crippen LogP contribution in [-0.4, -0.2) is 27.0 Å². The number of hydrogen-bond acceptors (Lipinski definition) is 5. The largest absolute Gasteiger partial charge is 0.337 e. The van der Waals surface area contributed by atoms with E-state index in [1.807, 2.05) is 31.2 Å². The van der Waals surface area contributed by atoms with Gasteiger partial charge in [-0.05, 0) is 36.8 Å². The fraction of sp³-hybridized carbons (Fsp3) is 0.444. The Hall–Kier alpha value is -2.70. The van der Waals surface area contributed by atoms with Crippen LogP contribution in [0.2, 0.25) is 0 Å². The fourth-order valence-corrected chi connectivity index (χ4v) is 3.77. The minimum Gasteiger partial charge on any atom is -0.337 e. The lowest BCUT2D eigenvalue weighted by molar-refractivity contribution is -0.132. The lowest BCUT2D eigenvalue weighted by Crippen LogP contribution is -2.46. The van der Waals surface area contributed by atoms with E-state index in [1.54, 1.807) is 0 Å². The molecule has 1 unspecified atom stereocenters. The van der Waals surface area contributed by atoms with E-state index in [2.05, 4.69) is 15.5 Å². The number of aryl methyl sites for hydroxylation is 2. The standard InChI is InChI=1S/C18H20N4O3/c1-2-6-14-19-15(25-21-14)11-22-16(23)18(20-17(22)24)10-5-8-12-7-3-4-9-13(12)18/h3-4,7,9H,2,5-6,8,10-11H2,1H3,(H,20,24). The van der Waals surface area contributed by atoms with Gasteiger partial charge in [0.15, 0.2) is 5.82 Å². The smallest absolute Gasteiger partial charge is 0.325 e. The number of benzene rings is 1. The van der Waals surface area contributed by atoms with Crippen molar-refractivity contribution in [1.29, 1.82) is 0 Å². The summed E-state index contributed by atoms with van der Waals surface area (Å²) >= 11 is 0. The molecule has 1 spiro atoms. The van der Waals surface area contributed by atoms with Crippen LogP contribution in [0.3, 0.4) is 0 Å². The molecule has 1 atom stereocenters. The molecule has 0 saturated carbocycles. The van der Waals surface area contributed by atoms with Gasteiger partial charge in [0.1, 0.15) is 12.1 Å². The Morgan fingerprint density at radius 2 is 2.16 bits per heavy atom. The number of nitrogens with one attached hydrogen (secondary N) is 1. The summed E-state index contributed by atoms with van der Waals surface area (Å²) in [6.45, 7) is 2.03. The second kappa shape index (κ2) is 5.98. The van der Waals surface area contributed by atoms with Crippen molar-refractivity contribution in [3.8, 4) is 0 Å². The number of urea groups is 1. The maximum Gasteiger partial charge on any atom is 0.325 e. The van der Waals surface area contributed by atoms with E-state index >= 15 is 0 Å². The molecule has 130 valence electrons. The Balaban J connectivity index is 1.62. The highest BCUT2D eigenvalue weighted by Gasteiger charge is 2.54. The Kier molecular flexibility index (Phi) is 3.78. The van der Waals surface area contributed by atoms with Crippen LogP contribution in [0.4, 0.5) is 4.79 Å². The molecule has 1 aromatic carbocycles. The van der Waals surface area contributed by atoms with Crippen LogP contribution in [0.5, 0.6) is 0 Å². The molecule has 2 heterocycles. The second-order valence-corrected chi connectivity index (χ2v) is 6.59. The lowest BCUT2D eigenvalue weighted by Gasteiger charge is -2.33. The van der Waals surface area contributed by atoms with Gasteiger partial charge in [-0.25, -0.2) is 4.79 Å². The second-order valence-electron chi connectivity index (χ2n) is 6.59. The van der Waals surface area contributed by atoms with Crippen LogP contribution in [0.1, 0.15) is 49.0 Å². The average molecular weight is 340 g/mol. The van der Waals surface area contributed by atoms with Crippen molar-refractivity contribution in [3.63, 3.8) is 0 Å². The number of carbonyl (C=O) groups excluding carboxylic acids is 2. The lowest BCUT2D eigenvalue weighted by atomic mass is 9.76. The van der Waals surface area contributed by atoms with Gasteiger partial charge in [0.2, 0.25) is 5.89 Å². The van der Waals surface area contributed by atoms with Gasteiger partial charge >= 0.3 is 6.03 Å². The fourth-order valence-electron chi connectivity index (χ4n) is 3.77. The number of hydrogen-bond donors (Lipinski definition) is 1. The van der Waals surface area contributed by atoms with E-state index in [0.717, 1.165) is 30.4 Å². The monoisotopic (exact) mass is 340 g/mol. The molecule has 2 aliphatic rings. The maximum atomic E-state index is 13.1. The van der Waals surface area contributed by atoms with E-state index < -0.39 is 11.6 Å². The topological polar surface area (TPSA) is 88.3 Å². The highest BCUT2D eigenvalue weighted by atomic mass is 16.5. The maximum absolute atomic E-state index is 13.1. The van der Waals surface area contributed by atoms with Crippen molar-refractivity contribution in [2.75, 3.05) is 0 Å². The first kappa shape index (κ1) is 15.8. The third-order valence-electron chi connectivity index (χ3n) is 4.93. The predicted molar refractivity (Wildman–Crippen MR) is 88.4 cm³/mol. The van der Waals surface area contributed by atoms with Crippen molar-refractivity contribution >= 4 is 11.9 Å². The first-order chi connectivity index (χ1) is 12.1. The summed E-state index contributed by atoms with van der Waals surface area (Å²) in [6.07, 6.45) is 4.00. The van der Waals surface area contributed by atoms with Gasteiger partial charge in [-0.1, -0.05) is 36.3 Å². The normalized spacial score (nSPS) is 22.4. The molecule has 7 heteroatoms. The minimum atomic E-state index is -0.960. The third kappa shape index (κ3) is 2.50. The van der Waals surface area contributed by atoms with Crippen molar-refractivity contribution in [2.24, 2.45) is 0 Å². The molecular weight excluding hydrogens is 320 g/mol. The molecule has 1 fully saturated rings. The van der Waals surface area contributed by atoms with Crippen LogP contribution in [0.15, 0.2) is 28.8 Å². The first-order valence-corrected chi connectivity index (χ1v) is 8.68. The summed E-state index contributed by atoms with van der Waals surface area (Å²) in [5, 5.41) is 6.81. The number of nitrogens with zero attached hydrogens (tertiary/aromatic N) is 3. The zero-order valence-electron chi connectivity index (χ0n) is 14.1. The van der Waals surface area contributed by atoms with Crippen molar-refractivity contribution in [1.82, 2.24) is 20.4 Å². The highest BCUT2D eigenvalue weighted by molar-refractivity contribution is 6.07. The summed E-state index contributed by atoms with van der Waals surface area (Å²) in [4.78, 5) is 31.1. The number of carbonyl (C=O) groups is 2. The minimum absolute atomic E-state index is 0.00526. The zero-order chi connectivity index (χ0) is 17.4. The summed E-state index contributed by atoms with van der Waals surface area (Å²) < 4.78 is 5.19. The molecule has 1 aromatic heterocycles.